The van der Waals surface area contributed by atoms with Gasteiger partial charge in [0.1, 0.15) is 11.5 Å². The molecule has 0 spiro atoms. The fourth-order valence-corrected chi connectivity index (χ4v) is 2.07. The summed E-state index contributed by atoms with van der Waals surface area (Å²) in [5.41, 5.74) is 1.60. The molecule has 1 atom stereocenters. The summed E-state index contributed by atoms with van der Waals surface area (Å²) in [6, 6.07) is 6.52. The Balaban J connectivity index is 2.03. The van der Waals surface area contributed by atoms with E-state index in [-0.39, 0.29) is 0 Å². The van der Waals surface area contributed by atoms with E-state index in [2.05, 4.69) is 19.2 Å². The summed E-state index contributed by atoms with van der Waals surface area (Å²) in [6.45, 7) is 5.40. The number of methoxy groups -OCH3 is 2. The second-order valence-corrected chi connectivity index (χ2v) is 5.30. The Labute approximate surface area is 103 Å². The average Bonchev–Trinajstić information content (AvgIpc) is 2.94. The third-order valence-corrected chi connectivity index (χ3v) is 3.54. The Hall–Kier alpha value is -1.22. The van der Waals surface area contributed by atoms with Crippen molar-refractivity contribution in [1.82, 2.24) is 5.32 Å². The molecule has 0 bridgehead atoms. The molecule has 94 valence electrons. The minimum Gasteiger partial charge on any atom is -0.497 e. The molecule has 2 rings (SSSR count). The van der Waals surface area contributed by atoms with Crippen LogP contribution in [0.4, 0.5) is 0 Å². The molecule has 0 radical (unpaired) electrons. The van der Waals surface area contributed by atoms with Gasteiger partial charge in [0.05, 0.1) is 14.2 Å². The van der Waals surface area contributed by atoms with Gasteiger partial charge in [-0.05, 0) is 30.0 Å². The topological polar surface area (TPSA) is 30.5 Å². The number of rotatable bonds is 5. The first-order valence-corrected chi connectivity index (χ1v) is 6.01. The lowest BCUT2D eigenvalue weighted by molar-refractivity contribution is 0.396. The van der Waals surface area contributed by atoms with Crippen molar-refractivity contribution in [3.63, 3.8) is 0 Å². The van der Waals surface area contributed by atoms with Crippen LogP contribution in [-0.4, -0.2) is 20.3 Å². The van der Waals surface area contributed by atoms with Crippen LogP contribution in [-0.2, 0) is 6.54 Å². The SMILES string of the molecule is COc1ccc(OC)c(CNC2CC2(C)C)c1. The Kier molecular flexibility index (Phi) is 3.29. The van der Waals surface area contributed by atoms with E-state index < -0.39 is 0 Å². The number of nitrogens with one attached hydrogen (secondary N) is 1. The summed E-state index contributed by atoms with van der Waals surface area (Å²) in [4.78, 5) is 0. The van der Waals surface area contributed by atoms with Crippen molar-refractivity contribution in [3.8, 4) is 11.5 Å². The Morgan fingerprint density at radius 3 is 2.53 bits per heavy atom. The molecular formula is C14H21NO2. The average molecular weight is 235 g/mol. The zero-order chi connectivity index (χ0) is 12.5. The maximum atomic E-state index is 5.35. The fraction of sp³-hybridized carbons (Fsp3) is 0.571. The van der Waals surface area contributed by atoms with Gasteiger partial charge in [-0.1, -0.05) is 13.8 Å². The number of benzene rings is 1. The molecule has 1 N–H and O–H groups in total. The monoisotopic (exact) mass is 235 g/mol. The molecular weight excluding hydrogens is 214 g/mol. The molecule has 1 aromatic rings. The van der Waals surface area contributed by atoms with Gasteiger partial charge >= 0.3 is 0 Å². The molecule has 17 heavy (non-hydrogen) atoms. The van der Waals surface area contributed by atoms with Crippen LogP contribution < -0.4 is 14.8 Å². The molecule has 1 aromatic carbocycles. The van der Waals surface area contributed by atoms with Crippen molar-refractivity contribution in [2.45, 2.75) is 32.9 Å². The molecule has 0 heterocycles. The van der Waals surface area contributed by atoms with Gasteiger partial charge in [0.2, 0.25) is 0 Å². The van der Waals surface area contributed by atoms with Crippen LogP contribution in [0, 0.1) is 5.41 Å². The van der Waals surface area contributed by atoms with Crippen LogP contribution in [0.5, 0.6) is 11.5 Å². The van der Waals surface area contributed by atoms with Crippen molar-refractivity contribution >= 4 is 0 Å². The van der Waals surface area contributed by atoms with E-state index in [0.717, 1.165) is 23.6 Å². The smallest absolute Gasteiger partial charge is 0.123 e. The highest BCUT2D eigenvalue weighted by Crippen LogP contribution is 2.44. The first-order valence-electron chi connectivity index (χ1n) is 6.01. The van der Waals surface area contributed by atoms with Crippen LogP contribution in [0.3, 0.4) is 0 Å². The van der Waals surface area contributed by atoms with Crippen LogP contribution in [0.25, 0.3) is 0 Å². The minimum absolute atomic E-state index is 0.450. The zero-order valence-electron chi connectivity index (χ0n) is 11.0. The molecule has 1 aliphatic rings. The van der Waals surface area contributed by atoms with E-state index in [1.54, 1.807) is 14.2 Å². The van der Waals surface area contributed by atoms with Crippen molar-refractivity contribution < 1.29 is 9.47 Å². The number of ether oxygens (including phenoxy) is 2. The lowest BCUT2D eigenvalue weighted by Gasteiger charge is -2.12. The lowest BCUT2D eigenvalue weighted by Crippen LogP contribution is -2.20. The lowest BCUT2D eigenvalue weighted by atomic mass is 10.1. The van der Waals surface area contributed by atoms with Gasteiger partial charge in [0.25, 0.3) is 0 Å². The van der Waals surface area contributed by atoms with Gasteiger partial charge in [0, 0.05) is 18.2 Å². The van der Waals surface area contributed by atoms with Crippen LogP contribution in [0.15, 0.2) is 18.2 Å². The highest BCUT2D eigenvalue weighted by atomic mass is 16.5. The molecule has 1 saturated carbocycles. The van der Waals surface area contributed by atoms with Crippen molar-refractivity contribution in [2.75, 3.05) is 14.2 Å². The number of hydrogen-bond acceptors (Lipinski definition) is 3. The summed E-state index contributed by atoms with van der Waals surface area (Å²) in [5.74, 6) is 1.79. The first kappa shape index (κ1) is 12.2. The Bertz CT molecular complexity index is 401. The molecule has 3 nitrogen and oxygen atoms in total. The molecule has 0 saturated heterocycles. The van der Waals surface area contributed by atoms with Crippen LogP contribution in [0.1, 0.15) is 25.8 Å². The first-order chi connectivity index (χ1) is 8.06. The molecule has 1 unspecified atom stereocenters. The van der Waals surface area contributed by atoms with Crippen molar-refractivity contribution in [3.05, 3.63) is 23.8 Å². The van der Waals surface area contributed by atoms with Crippen LogP contribution >= 0.6 is 0 Å². The molecule has 0 amide bonds. The highest BCUT2D eigenvalue weighted by Gasteiger charge is 2.45. The summed E-state index contributed by atoms with van der Waals surface area (Å²) in [7, 11) is 3.38. The molecule has 1 fully saturated rings. The third kappa shape index (κ3) is 2.72. The second-order valence-electron chi connectivity index (χ2n) is 5.30. The van der Waals surface area contributed by atoms with E-state index in [9.17, 15) is 0 Å². The standard InChI is InChI=1S/C14H21NO2/c1-14(2)8-13(14)15-9-10-7-11(16-3)5-6-12(10)17-4/h5-7,13,15H,8-9H2,1-4H3. The van der Waals surface area contributed by atoms with Crippen molar-refractivity contribution in [2.24, 2.45) is 5.41 Å². The Morgan fingerprint density at radius 2 is 2.00 bits per heavy atom. The molecule has 0 aromatic heterocycles. The predicted octanol–water partition coefficient (Wildman–Crippen LogP) is 2.59. The zero-order valence-corrected chi connectivity index (χ0v) is 11.0. The third-order valence-electron chi connectivity index (χ3n) is 3.54. The summed E-state index contributed by atoms with van der Waals surface area (Å²) >= 11 is 0. The van der Waals surface area contributed by atoms with E-state index in [1.165, 1.54) is 6.42 Å². The van der Waals surface area contributed by atoms with Gasteiger partial charge in [-0.2, -0.15) is 0 Å². The predicted molar refractivity (Wildman–Crippen MR) is 68.6 cm³/mol. The molecule has 0 aliphatic heterocycles. The van der Waals surface area contributed by atoms with E-state index in [1.807, 2.05) is 18.2 Å². The maximum absolute atomic E-state index is 5.35. The highest BCUT2D eigenvalue weighted by molar-refractivity contribution is 5.40. The quantitative estimate of drug-likeness (QED) is 0.851. The van der Waals surface area contributed by atoms with E-state index in [4.69, 9.17) is 9.47 Å². The summed E-state index contributed by atoms with van der Waals surface area (Å²) < 4.78 is 10.6. The second kappa shape index (κ2) is 4.57. The number of hydrogen-bond donors (Lipinski definition) is 1. The minimum atomic E-state index is 0.450. The summed E-state index contributed by atoms with van der Waals surface area (Å²) in [5, 5.41) is 3.55. The Morgan fingerprint density at radius 1 is 1.29 bits per heavy atom. The van der Waals surface area contributed by atoms with Gasteiger partial charge in [-0.15, -0.1) is 0 Å². The van der Waals surface area contributed by atoms with Gasteiger partial charge < -0.3 is 14.8 Å². The maximum Gasteiger partial charge on any atom is 0.123 e. The van der Waals surface area contributed by atoms with Gasteiger partial charge in [0.15, 0.2) is 0 Å². The van der Waals surface area contributed by atoms with E-state index in [0.29, 0.717) is 11.5 Å². The van der Waals surface area contributed by atoms with Gasteiger partial charge in [-0.25, -0.2) is 0 Å². The largest absolute Gasteiger partial charge is 0.497 e. The fourth-order valence-electron chi connectivity index (χ4n) is 2.07. The molecule has 1 aliphatic carbocycles. The summed E-state index contributed by atoms with van der Waals surface area (Å²) in [6.07, 6.45) is 1.25. The van der Waals surface area contributed by atoms with Crippen molar-refractivity contribution in [1.29, 1.82) is 0 Å². The normalized spacial score (nSPS) is 21.1. The van der Waals surface area contributed by atoms with E-state index >= 15 is 0 Å². The van der Waals surface area contributed by atoms with Crippen LogP contribution in [0.2, 0.25) is 0 Å². The van der Waals surface area contributed by atoms with Gasteiger partial charge in [-0.3, -0.25) is 0 Å². The molecule has 3 heteroatoms.